The fraction of sp³-hybridized carbons (Fsp3) is 0.407. The van der Waals surface area contributed by atoms with Crippen molar-refractivity contribution in [1.29, 1.82) is 0 Å². The Morgan fingerprint density at radius 3 is 2.58 bits per heavy atom. The second-order valence-electron chi connectivity index (χ2n) is 9.65. The molecule has 1 atom stereocenters. The third-order valence-corrected chi connectivity index (χ3v) is 6.48. The highest BCUT2D eigenvalue weighted by Crippen LogP contribution is 2.44. The first kappa shape index (κ1) is 22.9. The quantitative estimate of drug-likeness (QED) is 0.674. The minimum atomic E-state index is -0.147. The van der Waals surface area contributed by atoms with Crippen LogP contribution in [-0.4, -0.2) is 31.4 Å². The number of amides is 1. The lowest BCUT2D eigenvalue weighted by atomic mass is 9.74. The van der Waals surface area contributed by atoms with Crippen molar-refractivity contribution < 1.29 is 14.3 Å². The first-order valence-electron chi connectivity index (χ1n) is 11.6. The van der Waals surface area contributed by atoms with Gasteiger partial charge in [-0.2, -0.15) is 0 Å². The molecule has 2 aromatic carbocycles. The predicted octanol–water partition coefficient (Wildman–Crippen LogP) is 4.67. The van der Waals surface area contributed by atoms with Crippen LogP contribution in [0.1, 0.15) is 45.6 Å². The van der Waals surface area contributed by atoms with Crippen LogP contribution < -0.4 is 20.3 Å². The Labute approximate surface area is 196 Å². The summed E-state index contributed by atoms with van der Waals surface area (Å²) in [5.74, 6) is 0.887. The number of allylic oxidation sites excluding steroid dienone is 1. The number of Topliss-reactive ketones (excluding diaryl/α,β-unsaturated/α-hetero) is 1. The Hall–Kier alpha value is -3.28. The maximum atomic E-state index is 13.3. The average Bonchev–Trinajstić information content (AvgIpc) is 2.91. The molecule has 1 aliphatic heterocycles. The van der Waals surface area contributed by atoms with Gasteiger partial charge in [0, 0.05) is 24.2 Å². The fourth-order valence-electron chi connectivity index (χ4n) is 4.92. The van der Waals surface area contributed by atoms with Crippen LogP contribution in [0.15, 0.2) is 59.8 Å². The molecule has 0 radical (unpaired) electrons. The Morgan fingerprint density at radius 2 is 1.88 bits per heavy atom. The van der Waals surface area contributed by atoms with Gasteiger partial charge in [-0.15, -0.1) is 0 Å². The number of nitrogens with zero attached hydrogens (tertiary/aromatic N) is 1. The molecule has 6 heteroatoms. The number of hydrogen-bond donors (Lipinski definition) is 2. The Kier molecular flexibility index (Phi) is 6.45. The van der Waals surface area contributed by atoms with E-state index in [1.165, 1.54) is 0 Å². The largest absolute Gasteiger partial charge is 0.497 e. The normalized spacial score (nSPS) is 19.2. The molecule has 0 saturated carbocycles. The molecule has 6 nitrogen and oxygen atoms in total. The van der Waals surface area contributed by atoms with E-state index >= 15 is 0 Å². The number of rotatable bonds is 6. The second kappa shape index (κ2) is 9.30. The maximum absolute atomic E-state index is 13.3. The van der Waals surface area contributed by atoms with Crippen molar-refractivity contribution in [2.75, 3.05) is 23.9 Å². The molecule has 174 valence electrons. The monoisotopic (exact) mass is 447 g/mol. The van der Waals surface area contributed by atoms with Crippen molar-refractivity contribution >= 4 is 23.1 Å². The first-order valence-corrected chi connectivity index (χ1v) is 11.6. The fourth-order valence-corrected chi connectivity index (χ4v) is 4.92. The zero-order valence-electron chi connectivity index (χ0n) is 19.9. The number of methoxy groups -OCH3 is 1. The van der Waals surface area contributed by atoms with Gasteiger partial charge in [0.25, 0.3) is 0 Å². The van der Waals surface area contributed by atoms with Gasteiger partial charge < -0.3 is 20.3 Å². The highest BCUT2D eigenvalue weighted by Gasteiger charge is 2.40. The molecule has 2 aromatic rings. The first-order chi connectivity index (χ1) is 15.8. The van der Waals surface area contributed by atoms with E-state index in [-0.39, 0.29) is 29.7 Å². The summed E-state index contributed by atoms with van der Waals surface area (Å²) < 4.78 is 5.20. The summed E-state index contributed by atoms with van der Waals surface area (Å²) >= 11 is 0. The number of ether oxygens (including phenoxy) is 1. The summed E-state index contributed by atoms with van der Waals surface area (Å²) in [5.41, 5.74) is 4.64. The number of benzene rings is 2. The standard InChI is InChI=1S/C27H33N3O3/c1-5-22-26-21(14-27(2,3)15-24(26)31)29-20-8-6-7-9-23(20)30(22)17-25(32)28-16-18-10-12-19(33-4)13-11-18/h6-13,22,29H,5,14-17H2,1-4H3,(H,28,32)/t22-/m0/s1. The van der Waals surface area contributed by atoms with Crippen molar-refractivity contribution in [2.45, 2.75) is 52.6 Å². The molecule has 33 heavy (non-hydrogen) atoms. The number of fused-ring (bicyclic) bond motifs is 1. The van der Waals surface area contributed by atoms with E-state index in [4.69, 9.17) is 4.74 Å². The lowest BCUT2D eigenvalue weighted by Gasteiger charge is -2.37. The van der Waals surface area contributed by atoms with Crippen molar-refractivity contribution in [1.82, 2.24) is 5.32 Å². The molecule has 0 saturated heterocycles. The minimum Gasteiger partial charge on any atom is -0.497 e. The van der Waals surface area contributed by atoms with Crippen molar-refractivity contribution in [3.63, 3.8) is 0 Å². The van der Waals surface area contributed by atoms with Crippen LogP contribution in [0.25, 0.3) is 0 Å². The molecule has 2 N–H and O–H groups in total. The van der Waals surface area contributed by atoms with Crippen LogP contribution in [0, 0.1) is 5.41 Å². The second-order valence-corrected chi connectivity index (χ2v) is 9.65. The zero-order chi connectivity index (χ0) is 23.6. The van der Waals surface area contributed by atoms with Crippen molar-refractivity contribution in [3.8, 4) is 5.75 Å². The Bertz CT molecular complexity index is 1070. The van der Waals surface area contributed by atoms with Gasteiger partial charge in [0.05, 0.1) is 31.1 Å². The minimum absolute atomic E-state index is 0.0771. The third-order valence-electron chi connectivity index (χ3n) is 6.48. The topological polar surface area (TPSA) is 70.7 Å². The number of anilines is 2. The third kappa shape index (κ3) is 4.90. The molecular formula is C27H33N3O3. The van der Waals surface area contributed by atoms with Crippen molar-refractivity contribution in [3.05, 3.63) is 65.4 Å². The van der Waals surface area contributed by atoms with Crippen LogP contribution in [0.5, 0.6) is 5.75 Å². The number of carbonyl (C=O) groups excluding carboxylic acids is 2. The van der Waals surface area contributed by atoms with Crippen LogP contribution in [-0.2, 0) is 16.1 Å². The van der Waals surface area contributed by atoms with Gasteiger partial charge in [-0.25, -0.2) is 0 Å². The predicted molar refractivity (Wildman–Crippen MR) is 131 cm³/mol. The van der Waals surface area contributed by atoms with Gasteiger partial charge in [-0.1, -0.05) is 45.0 Å². The van der Waals surface area contributed by atoms with Gasteiger partial charge in [-0.3, -0.25) is 9.59 Å². The lowest BCUT2D eigenvalue weighted by Crippen LogP contribution is -2.46. The number of para-hydroxylation sites is 2. The summed E-state index contributed by atoms with van der Waals surface area (Å²) in [6.45, 7) is 6.98. The average molecular weight is 448 g/mol. The number of nitrogens with one attached hydrogen (secondary N) is 2. The summed E-state index contributed by atoms with van der Waals surface area (Å²) in [6.07, 6.45) is 2.08. The van der Waals surface area contributed by atoms with E-state index < -0.39 is 0 Å². The van der Waals surface area contributed by atoms with Crippen LogP contribution >= 0.6 is 0 Å². The van der Waals surface area contributed by atoms with Gasteiger partial charge in [0.15, 0.2) is 5.78 Å². The molecule has 2 aliphatic rings. The van der Waals surface area contributed by atoms with E-state index in [0.717, 1.165) is 46.8 Å². The Balaban J connectivity index is 1.59. The highest BCUT2D eigenvalue weighted by molar-refractivity contribution is 6.01. The summed E-state index contributed by atoms with van der Waals surface area (Å²) in [4.78, 5) is 28.4. The summed E-state index contributed by atoms with van der Waals surface area (Å²) in [6, 6.07) is 15.5. The molecule has 0 spiro atoms. The summed E-state index contributed by atoms with van der Waals surface area (Å²) in [5, 5.41) is 6.59. The van der Waals surface area contributed by atoms with Gasteiger partial charge in [0.1, 0.15) is 5.75 Å². The molecular weight excluding hydrogens is 414 g/mol. The lowest BCUT2D eigenvalue weighted by molar-refractivity contribution is -0.120. The van der Waals surface area contributed by atoms with Gasteiger partial charge >= 0.3 is 0 Å². The SMILES string of the molecule is CC[C@H]1C2=C(CC(C)(C)CC2=O)Nc2ccccc2N1CC(=O)NCc1ccc(OC)cc1. The van der Waals surface area contributed by atoms with E-state index in [2.05, 4.69) is 36.3 Å². The molecule has 4 rings (SSSR count). The van der Waals surface area contributed by atoms with E-state index in [1.807, 2.05) is 48.5 Å². The molecule has 0 bridgehead atoms. The molecule has 0 aromatic heterocycles. The van der Waals surface area contributed by atoms with Crippen molar-refractivity contribution in [2.24, 2.45) is 5.41 Å². The van der Waals surface area contributed by atoms with Crippen LogP contribution in [0.2, 0.25) is 0 Å². The summed E-state index contributed by atoms with van der Waals surface area (Å²) in [7, 11) is 1.63. The van der Waals surface area contributed by atoms with Crippen LogP contribution in [0.4, 0.5) is 11.4 Å². The molecule has 0 unspecified atom stereocenters. The number of carbonyl (C=O) groups is 2. The highest BCUT2D eigenvalue weighted by atomic mass is 16.5. The molecule has 1 aliphatic carbocycles. The number of hydrogen-bond acceptors (Lipinski definition) is 5. The smallest absolute Gasteiger partial charge is 0.239 e. The van der Waals surface area contributed by atoms with Crippen LogP contribution in [0.3, 0.4) is 0 Å². The molecule has 0 fully saturated rings. The van der Waals surface area contributed by atoms with E-state index in [1.54, 1.807) is 7.11 Å². The number of ketones is 1. The van der Waals surface area contributed by atoms with E-state index in [9.17, 15) is 9.59 Å². The Morgan fingerprint density at radius 1 is 1.15 bits per heavy atom. The maximum Gasteiger partial charge on any atom is 0.239 e. The molecule has 1 amide bonds. The molecule has 1 heterocycles. The zero-order valence-corrected chi connectivity index (χ0v) is 19.9. The van der Waals surface area contributed by atoms with Gasteiger partial charge in [0.2, 0.25) is 5.91 Å². The van der Waals surface area contributed by atoms with E-state index in [0.29, 0.717) is 13.0 Å². The van der Waals surface area contributed by atoms with Gasteiger partial charge in [-0.05, 0) is 48.1 Å².